The Morgan fingerprint density at radius 2 is 2.04 bits per heavy atom. The van der Waals surface area contributed by atoms with Gasteiger partial charge in [-0.1, -0.05) is 29.7 Å². The Morgan fingerprint density at radius 3 is 2.80 bits per heavy atom. The van der Waals surface area contributed by atoms with E-state index < -0.39 is 0 Å². The number of pyridine rings is 1. The van der Waals surface area contributed by atoms with Crippen molar-refractivity contribution in [3.05, 3.63) is 68.8 Å². The lowest BCUT2D eigenvalue weighted by atomic mass is 9.63. The number of allylic oxidation sites excluding steroid dienone is 3. The predicted octanol–water partition coefficient (Wildman–Crippen LogP) is 4.48. The first-order valence-corrected chi connectivity index (χ1v) is 9.64. The van der Waals surface area contributed by atoms with Gasteiger partial charge in [0.2, 0.25) is 5.56 Å². The second kappa shape index (κ2) is 6.36. The monoisotopic (exact) mass is 336 g/mol. The van der Waals surface area contributed by atoms with Crippen LogP contribution in [0.25, 0.3) is 0 Å². The molecule has 1 aromatic rings. The summed E-state index contributed by atoms with van der Waals surface area (Å²) >= 11 is 0. The number of rotatable bonds is 2. The Balaban J connectivity index is 1.82. The lowest BCUT2D eigenvalue weighted by molar-refractivity contribution is 0.357. The van der Waals surface area contributed by atoms with Gasteiger partial charge in [-0.2, -0.15) is 0 Å². The van der Waals surface area contributed by atoms with Crippen molar-refractivity contribution in [2.45, 2.75) is 64.3 Å². The molecule has 1 aromatic heterocycles. The first-order chi connectivity index (χ1) is 12.1. The van der Waals surface area contributed by atoms with Crippen molar-refractivity contribution in [2.24, 2.45) is 5.92 Å². The zero-order valence-electron chi connectivity index (χ0n) is 15.3. The Kier molecular flexibility index (Phi) is 4.18. The minimum Gasteiger partial charge on any atom is -0.377 e. The molecule has 0 aromatic carbocycles. The number of nitrogens with one attached hydrogen (secondary N) is 2. The van der Waals surface area contributed by atoms with Crippen LogP contribution in [-0.2, 0) is 12.0 Å². The average molecular weight is 336 g/mol. The van der Waals surface area contributed by atoms with Crippen molar-refractivity contribution in [3.63, 3.8) is 0 Å². The third-order valence-electron chi connectivity index (χ3n) is 6.14. The van der Waals surface area contributed by atoms with Crippen molar-refractivity contribution < 1.29 is 0 Å². The predicted molar refractivity (Wildman–Crippen MR) is 102 cm³/mol. The zero-order chi connectivity index (χ0) is 17.4. The molecule has 1 saturated carbocycles. The topological polar surface area (TPSA) is 44.9 Å². The maximum atomic E-state index is 11.9. The highest BCUT2D eigenvalue weighted by Crippen LogP contribution is 2.49. The van der Waals surface area contributed by atoms with Crippen LogP contribution in [-0.4, -0.2) is 4.98 Å². The fourth-order valence-electron chi connectivity index (χ4n) is 5.09. The van der Waals surface area contributed by atoms with E-state index in [0.29, 0.717) is 5.92 Å². The fourth-order valence-corrected chi connectivity index (χ4v) is 5.09. The van der Waals surface area contributed by atoms with E-state index >= 15 is 0 Å². The largest absolute Gasteiger partial charge is 0.377 e. The van der Waals surface area contributed by atoms with E-state index in [0.717, 1.165) is 18.5 Å². The molecule has 0 amide bonds. The minimum absolute atomic E-state index is 0.00207. The highest BCUT2D eigenvalue weighted by molar-refractivity contribution is 5.50. The molecule has 2 N–H and O–H groups in total. The molecule has 2 atom stereocenters. The number of aromatic amines is 1. The van der Waals surface area contributed by atoms with Crippen LogP contribution in [0.4, 0.5) is 0 Å². The molecule has 0 saturated heterocycles. The van der Waals surface area contributed by atoms with E-state index in [4.69, 9.17) is 0 Å². The van der Waals surface area contributed by atoms with Crippen molar-refractivity contribution in [1.29, 1.82) is 0 Å². The van der Waals surface area contributed by atoms with Crippen LogP contribution in [0.15, 0.2) is 52.0 Å². The van der Waals surface area contributed by atoms with Crippen LogP contribution in [0.1, 0.15) is 63.6 Å². The molecule has 3 aliphatic rings. The quantitative estimate of drug-likeness (QED) is 0.782. The summed E-state index contributed by atoms with van der Waals surface area (Å²) in [5.74, 6) is 0.376. The van der Waals surface area contributed by atoms with Crippen LogP contribution < -0.4 is 10.9 Å². The molecule has 0 spiro atoms. The summed E-state index contributed by atoms with van der Waals surface area (Å²) in [6.45, 7) is 4.39. The SMILES string of the molecule is CC=C1C2C=C(C)CC1(NC=C1CCCCC1)c1ccc(=O)[nH]c1C2. The van der Waals surface area contributed by atoms with Crippen LogP contribution in [0.2, 0.25) is 0 Å². The number of aromatic nitrogens is 1. The van der Waals surface area contributed by atoms with Crippen LogP contribution >= 0.6 is 0 Å². The second-order valence-corrected chi connectivity index (χ2v) is 7.87. The molecular weight excluding hydrogens is 308 g/mol. The van der Waals surface area contributed by atoms with Crippen LogP contribution in [0.3, 0.4) is 0 Å². The van der Waals surface area contributed by atoms with Gasteiger partial charge >= 0.3 is 0 Å². The molecule has 2 unspecified atom stereocenters. The first kappa shape index (κ1) is 16.4. The van der Waals surface area contributed by atoms with E-state index in [-0.39, 0.29) is 11.1 Å². The Hall–Kier alpha value is -2.03. The summed E-state index contributed by atoms with van der Waals surface area (Å²) in [5.41, 5.74) is 6.56. The van der Waals surface area contributed by atoms with Gasteiger partial charge in [0.1, 0.15) is 0 Å². The van der Waals surface area contributed by atoms with Gasteiger partial charge < -0.3 is 10.3 Å². The normalized spacial score (nSPS) is 29.8. The highest BCUT2D eigenvalue weighted by Gasteiger charge is 2.46. The summed E-state index contributed by atoms with van der Waals surface area (Å²) in [6.07, 6.45) is 15.2. The standard InChI is InChI=1S/C22H28N2O/c1-3-18-17-11-15(2)13-22(18,23-14-16-7-5-4-6-8-16)19-9-10-21(25)24-20(19)12-17/h3,9-11,14,17,23H,4-8,12-13H2,1-2H3,(H,24,25). The first-order valence-electron chi connectivity index (χ1n) is 9.64. The second-order valence-electron chi connectivity index (χ2n) is 7.87. The van der Waals surface area contributed by atoms with Gasteiger partial charge in [0.25, 0.3) is 0 Å². The molecule has 2 bridgehead atoms. The van der Waals surface area contributed by atoms with Crippen molar-refractivity contribution in [3.8, 4) is 0 Å². The molecule has 4 rings (SSSR count). The maximum Gasteiger partial charge on any atom is 0.248 e. The van der Waals surface area contributed by atoms with Crippen LogP contribution in [0.5, 0.6) is 0 Å². The van der Waals surface area contributed by atoms with Gasteiger partial charge in [-0.05, 0) is 70.2 Å². The number of hydrogen-bond acceptors (Lipinski definition) is 2. The molecule has 1 heterocycles. The fraction of sp³-hybridized carbons (Fsp3) is 0.500. The smallest absolute Gasteiger partial charge is 0.248 e. The van der Waals surface area contributed by atoms with E-state index in [1.54, 1.807) is 6.07 Å². The van der Waals surface area contributed by atoms with Gasteiger partial charge in [0.15, 0.2) is 0 Å². The molecule has 25 heavy (non-hydrogen) atoms. The summed E-state index contributed by atoms with van der Waals surface area (Å²) in [7, 11) is 0. The van der Waals surface area contributed by atoms with E-state index in [2.05, 4.69) is 42.5 Å². The minimum atomic E-state index is -0.208. The summed E-state index contributed by atoms with van der Waals surface area (Å²) in [5, 5.41) is 3.85. The maximum absolute atomic E-state index is 11.9. The molecule has 0 radical (unpaired) electrons. The lowest BCUT2D eigenvalue weighted by Gasteiger charge is -2.48. The molecule has 3 heteroatoms. The van der Waals surface area contributed by atoms with Gasteiger partial charge in [0, 0.05) is 23.2 Å². The third-order valence-corrected chi connectivity index (χ3v) is 6.14. The molecule has 3 nitrogen and oxygen atoms in total. The van der Waals surface area contributed by atoms with E-state index in [1.165, 1.54) is 54.4 Å². The number of fused-ring (bicyclic) bond motifs is 4. The average Bonchev–Trinajstić information content (AvgIpc) is 2.60. The van der Waals surface area contributed by atoms with E-state index in [1.807, 2.05) is 6.07 Å². The van der Waals surface area contributed by atoms with Crippen LogP contribution in [0, 0.1) is 5.92 Å². The lowest BCUT2D eigenvalue weighted by Crippen LogP contribution is -2.50. The van der Waals surface area contributed by atoms with Gasteiger partial charge in [-0.25, -0.2) is 0 Å². The Morgan fingerprint density at radius 1 is 1.24 bits per heavy atom. The zero-order valence-corrected chi connectivity index (χ0v) is 15.3. The molecule has 3 aliphatic carbocycles. The molecular formula is C22H28N2O. The summed E-state index contributed by atoms with van der Waals surface area (Å²) in [6, 6.07) is 3.72. The van der Waals surface area contributed by atoms with Crippen molar-refractivity contribution in [2.75, 3.05) is 0 Å². The van der Waals surface area contributed by atoms with Crippen molar-refractivity contribution >= 4 is 0 Å². The van der Waals surface area contributed by atoms with Gasteiger partial charge in [-0.15, -0.1) is 0 Å². The molecule has 132 valence electrons. The van der Waals surface area contributed by atoms with Crippen molar-refractivity contribution in [1.82, 2.24) is 10.3 Å². The summed E-state index contributed by atoms with van der Waals surface area (Å²) in [4.78, 5) is 15.0. The highest BCUT2D eigenvalue weighted by atomic mass is 16.1. The third kappa shape index (κ3) is 2.80. The number of H-pyrrole nitrogens is 1. The number of hydrogen-bond donors (Lipinski definition) is 2. The van der Waals surface area contributed by atoms with E-state index in [9.17, 15) is 4.79 Å². The van der Waals surface area contributed by atoms with Gasteiger partial charge in [-0.3, -0.25) is 4.79 Å². The van der Waals surface area contributed by atoms with Gasteiger partial charge in [0.05, 0.1) is 5.54 Å². The summed E-state index contributed by atoms with van der Waals surface area (Å²) < 4.78 is 0. The molecule has 1 fully saturated rings. The Bertz CT molecular complexity index is 819. The Labute approximate surface area is 149 Å². The molecule has 0 aliphatic heterocycles.